The number of aromatic nitrogens is 2. The first kappa shape index (κ1) is 23.9. The number of halogens is 1. The molecule has 1 aromatic heterocycles. The monoisotopic (exact) mass is 496 g/mol. The zero-order valence-corrected chi connectivity index (χ0v) is 20.7. The Morgan fingerprint density at radius 2 is 2.09 bits per heavy atom. The van der Waals surface area contributed by atoms with Crippen LogP contribution >= 0.6 is 0 Å². The molecule has 3 aliphatic carbocycles. The topological polar surface area (TPSA) is 111 Å². The summed E-state index contributed by atoms with van der Waals surface area (Å²) in [5.74, 6) is 1.12. The van der Waals surface area contributed by atoms with Gasteiger partial charge in [-0.2, -0.15) is 0 Å². The minimum absolute atomic E-state index is 0.0123. The molecule has 34 heavy (non-hydrogen) atoms. The van der Waals surface area contributed by atoms with E-state index >= 15 is 0 Å². The molecule has 4 aliphatic rings. The number of carbonyl (C=O) groups is 1. The molecule has 0 spiro atoms. The number of likely N-dealkylation sites (tertiary alicyclic amines) is 1. The van der Waals surface area contributed by atoms with E-state index in [-0.39, 0.29) is 35.9 Å². The second-order valence-electron chi connectivity index (χ2n) is 10.5. The van der Waals surface area contributed by atoms with E-state index in [1.165, 1.54) is 13.3 Å². The van der Waals surface area contributed by atoms with E-state index in [1.807, 2.05) is 6.92 Å². The van der Waals surface area contributed by atoms with Gasteiger partial charge in [0.25, 0.3) is 0 Å². The first-order valence-electron chi connectivity index (χ1n) is 12.1. The largest absolute Gasteiger partial charge is 0.453 e. The van der Waals surface area contributed by atoms with Crippen molar-refractivity contribution in [2.45, 2.75) is 87.4 Å². The van der Waals surface area contributed by atoms with Crippen LogP contribution in [0.2, 0.25) is 0 Å². The maximum absolute atomic E-state index is 14.1. The molecule has 11 heteroatoms. The predicted molar refractivity (Wildman–Crippen MR) is 121 cm³/mol. The fraction of sp³-hybridized carbons (Fsp3) is 0.783. The number of sulfonamides is 1. The molecule has 0 radical (unpaired) electrons. The predicted octanol–water partition coefficient (Wildman–Crippen LogP) is 2.47. The number of fused-ring (bicyclic) bond motifs is 1. The summed E-state index contributed by atoms with van der Waals surface area (Å²) in [5, 5.41) is 0. The van der Waals surface area contributed by atoms with Crippen LogP contribution in [0.3, 0.4) is 0 Å². The van der Waals surface area contributed by atoms with Crippen molar-refractivity contribution in [3.8, 4) is 0 Å². The van der Waals surface area contributed by atoms with Gasteiger partial charge < -0.3 is 9.47 Å². The Hall–Kier alpha value is -1.85. The maximum atomic E-state index is 14.1. The number of hydrogen-bond acceptors (Lipinski definition) is 7. The quantitative estimate of drug-likeness (QED) is 0.617. The molecule has 6 atom stereocenters. The summed E-state index contributed by atoms with van der Waals surface area (Å²) in [6, 6.07) is -1.04. The normalized spacial score (nSPS) is 35.2. The fourth-order valence-electron chi connectivity index (χ4n) is 6.06. The first-order chi connectivity index (χ1) is 16.1. The van der Waals surface area contributed by atoms with E-state index < -0.39 is 28.2 Å². The van der Waals surface area contributed by atoms with Crippen LogP contribution in [0.5, 0.6) is 0 Å². The molecule has 1 N–H and O–H groups in total. The molecule has 3 unspecified atom stereocenters. The Balaban J connectivity index is 1.23. The van der Waals surface area contributed by atoms with Crippen molar-refractivity contribution in [1.29, 1.82) is 0 Å². The second kappa shape index (κ2) is 8.67. The van der Waals surface area contributed by atoms with Gasteiger partial charge in [0.1, 0.15) is 5.82 Å². The molecular weight excluding hydrogens is 463 g/mol. The summed E-state index contributed by atoms with van der Waals surface area (Å²) in [6.45, 7) is 2.11. The van der Waals surface area contributed by atoms with Crippen molar-refractivity contribution in [2.24, 2.45) is 5.92 Å². The summed E-state index contributed by atoms with van der Waals surface area (Å²) in [7, 11) is -2.11. The van der Waals surface area contributed by atoms with Gasteiger partial charge in [-0.1, -0.05) is 0 Å². The average molecular weight is 497 g/mol. The van der Waals surface area contributed by atoms with Crippen molar-refractivity contribution in [2.75, 3.05) is 20.0 Å². The molecule has 1 saturated heterocycles. The summed E-state index contributed by atoms with van der Waals surface area (Å²) in [6.07, 6.45) is 8.01. The molecule has 1 aliphatic heterocycles. The summed E-state index contributed by atoms with van der Waals surface area (Å²) < 4.78 is 51.8. The highest BCUT2D eigenvalue weighted by Gasteiger charge is 2.60. The van der Waals surface area contributed by atoms with Gasteiger partial charge in [-0.25, -0.2) is 32.3 Å². The summed E-state index contributed by atoms with van der Waals surface area (Å²) in [4.78, 5) is 23.0. The van der Waals surface area contributed by atoms with Crippen LogP contribution in [0.15, 0.2) is 6.20 Å². The number of nitrogens with one attached hydrogen (secondary N) is 1. The standard InChI is InChI=1S/C23H33FN4O5S/c1-13-8-18(27-34(3,30)31)19(28(13)22(29)32-2)12-33-16-6-7-23(10-15(23)9-16)21-25-11-17(24)20(26-21)14-4-5-14/h11,13-16,18-19,27H,4-10,12H2,1-3H3/t13-,15?,16?,18+,19+,23?/m1/s1. The average Bonchev–Trinajstić information content (AvgIpc) is 3.68. The molecule has 5 rings (SSSR count). The summed E-state index contributed by atoms with van der Waals surface area (Å²) in [5.41, 5.74) is 0.503. The molecule has 0 bridgehead atoms. The van der Waals surface area contributed by atoms with Crippen LogP contribution in [-0.2, 0) is 24.9 Å². The number of nitrogens with zero attached hydrogens (tertiary/aromatic N) is 3. The van der Waals surface area contributed by atoms with Crippen LogP contribution < -0.4 is 4.72 Å². The van der Waals surface area contributed by atoms with E-state index in [9.17, 15) is 17.6 Å². The minimum Gasteiger partial charge on any atom is -0.453 e. The zero-order valence-electron chi connectivity index (χ0n) is 19.9. The third-order valence-corrected chi connectivity index (χ3v) is 8.75. The van der Waals surface area contributed by atoms with E-state index in [4.69, 9.17) is 9.47 Å². The van der Waals surface area contributed by atoms with Crippen molar-refractivity contribution < 1.29 is 27.1 Å². The highest BCUT2D eigenvalue weighted by Crippen LogP contribution is 2.62. The Kier molecular flexibility index (Phi) is 6.09. The van der Waals surface area contributed by atoms with E-state index in [0.29, 0.717) is 18.0 Å². The van der Waals surface area contributed by atoms with Gasteiger partial charge in [0.05, 0.1) is 44.0 Å². The summed E-state index contributed by atoms with van der Waals surface area (Å²) >= 11 is 0. The lowest BCUT2D eigenvalue weighted by molar-refractivity contribution is -0.0103. The van der Waals surface area contributed by atoms with Gasteiger partial charge in [-0.05, 0) is 57.8 Å². The molecule has 3 saturated carbocycles. The number of ether oxygens (including phenoxy) is 2. The van der Waals surface area contributed by atoms with Crippen LogP contribution in [0.4, 0.5) is 9.18 Å². The van der Waals surface area contributed by atoms with Crippen molar-refractivity contribution in [3.05, 3.63) is 23.5 Å². The maximum Gasteiger partial charge on any atom is 0.410 e. The van der Waals surface area contributed by atoms with Gasteiger partial charge in [-0.15, -0.1) is 0 Å². The molecule has 4 fully saturated rings. The lowest BCUT2D eigenvalue weighted by Crippen LogP contribution is -2.50. The zero-order chi connectivity index (χ0) is 24.3. The molecule has 1 aromatic rings. The van der Waals surface area contributed by atoms with Gasteiger partial charge in [0, 0.05) is 23.4 Å². The molecule has 2 heterocycles. The number of amides is 1. The lowest BCUT2D eigenvalue weighted by atomic mass is 9.86. The van der Waals surface area contributed by atoms with Gasteiger partial charge in [-0.3, -0.25) is 4.90 Å². The fourth-order valence-corrected chi connectivity index (χ4v) is 6.87. The van der Waals surface area contributed by atoms with Gasteiger partial charge in [0.15, 0.2) is 5.82 Å². The Labute approximate surface area is 199 Å². The molecule has 1 amide bonds. The van der Waals surface area contributed by atoms with Crippen LogP contribution in [0, 0.1) is 11.7 Å². The van der Waals surface area contributed by atoms with Crippen molar-refractivity contribution in [3.63, 3.8) is 0 Å². The first-order valence-corrected chi connectivity index (χ1v) is 14.0. The highest BCUT2D eigenvalue weighted by atomic mass is 32.2. The number of methoxy groups -OCH3 is 1. The van der Waals surface area contributed by atoms with Gasteiger partial charge in [0.2, 0.25) is 10.0 Å². The Morgan fingerprint density at radius 3 is 2.74 bits per heavy atom. The van der Waals surface area contributed by atoms with Crippen molar-refractivity contribution in [1.82, 2.24) is 19.6 Å². The SMILES string of the molecule is COC(=O)N1[C@H](C)C[C@H](NS(C)(=O)=O)[C@@H]1COC1CCC2(c3ncc(F)c(C4CC4)n3)CC2C1. The molecule has 188 valence electrons. The van der Waals surface area contributed by atoms with Crippen LogP contribution in [0.25, 0.3) is 0 Å². The second-order valence-corrected chi connectivity index (χ2v) is 12.3. The molecular formula is C23H33FN4O5S. The Morgan fingerprint density at radius 1 is 1.32 bits per heavy atom. The highest BCUT2D eigenvalue weighted by molar-refractivity contribution is 7.88. The lowest BCUT2D eigenvalue weighted by Gasteiger charge is -2.32. The van der Waals surface area contributed by atoms with E-state index in [0.717, 1.165) is 50.6 Å². The van der Waals surface area contributed by atoms with E-state index in [2.05, 4.69) is 14.7 Å². The van der Waals surface area contributed by atoms with Crippen LogP contribution in [0.1, 0.15) is 69.3 Å². The number of hydrogen-bond donors (Lipinski definition) is 1. The number of carbonyl (C=O) groups excluding carboxylic acids is 1. The molecule has 9 nitrogen and oxygen atoms in total. The van der Waals surface area contributed by atoms with Gasteiger partial charge >= 0.3 is 6.09 Å². The smallest absolute Gasteiger partial charge is 0.410 e. The number of rotatable bonds is 7. The Bertz CT molecular complexity index is 1070. The van der Waals surface area contributed by atoms with E-state index in [1.54, 1.807) is 4.90 Å². The third-order valence-electron chi connectivity index (χ3n) is 8.02. The van der Waals surface area contributed by atoms with Crippen LogP contribution in [-0.4, -0.2) is 73.6 Å². The minimum atomic E-state index is -3.44. The van der Waals surface area contributed by atoms with Crippen molar-refractivity contribution >= 4 is 16.1 Å². The third kappa shape index (κ3) is 4.54. The molecule has 0 aromatic carbocycles.